The summed E-state index contributed by atoms with van der Waals surface area (Å²) in [4.78, 5) is 26.2. The normalized spacial score (nSPS) is 19.9. The monoisotopic (exact) mass is 399 g/mol. The molecule has 1 unspecified atom stereocenters. The number of ether oxygens (including phenoxy) is 3. The molecular weight excluding hydrogens is 372 g/mol. The molecule has 1 aliphatic rings. The number of nitrogens with zero attached hydrogens (tertiary/aromatic N) is 1. The Morgan fingerprint density at radius 2 is 1.82 bits per heavy atom. The van der Waals surface area contributed by atoms with Crippen molar-refractivity contribution in [1.82, 2.24) is 4.90 Å². The van der Waals surface area contributed by atoms with Gasteiger partial charge in [0.1, 0.15) is 23.0 Å². The van der Waals surface area contributed by atoms with Crippen molar-refractivity contribution < 1.29 is 32.6 Å². The number of piperidine rings is 1. The van der Waals surface area contributed by atoms with Crippen LogP contribution in [0.5, 0.6) is 5.75 Å². The molecule has 156 valence electrons. The van der Waals surface area contributed by atoms with Crippen LogP contribution in [0.25, 0.3) is 0 Å². The third-order valence-corrected chi connectivity index (χ3v) is 4.51. The van der Waals surface area contributed by atoms with Crippen LogP contribution in [-0.2, 0) is 14.3 Å². The lowest BCUT2D eigenvalue weighted by atomic mass is 9.80. The van der Waals surface area contributed by atoms with Gasteiger partial charge in [0.15, 0.2) is 0 Å². The first-order chi connectivity index (χ1) is 13.1. The lowest BCUT2D eigenvalue weighted by Gasteiger charge is -2.38. The van der Waals surface area contributed by atoms with Crippen molar-refractivity contribution >= 4 is 12.1 Å². The Bertz CT molecular complexity index is 709. The minimum atomic E-state index is -0.897. The van der Waals surface area contributed by atoms with E-state index in [0.29, 0.717) is 0 Å². The van der Waals surface area contributed by atoms with Crippen LogP contribution < -0.4 is 4.74 Å². The maximum atomic E-state index is 14.7. The van der Waals surface area contributed by atoms with E-state index in [1.54, 1.807) is 27.7 Å². The van der Waals surface area contributed by atoms with Crippen LogP contribution in [-0.4, -0.2) is 49.4 Å². The number of carbonyl (C=O) groups excluding carboxylic acids is 2. The van der Waals surface area contributed by atoms with Gasteiger partial charge in [-0.25, -0.2) is 13.6 Å². The van der Waals surface area contributed by atoms with Crippen molar-refractivity contribution in [2.45, 2.75) is 45.6 Å². The lowest BCUT2D eigenvalue weighted by molar-refractivity contribution is -0.150. The van der Waals surface area contributed by atoms with Gasteiger partial charge in [-0.1, -0.05) is 0 Å². The van der Waals surface area contributed by atoms with Gasteiger partial charge in [-0.2, -0.15) is 0 Å². The van der Waals surface area contributed by atoms with Gasteiger partial charge in [0, 0.05) is 36.7 Å². The Morgan fingerprint density at radius 3 is 2.32 bits per heavy atom. The summed E-state index contributed by atoms with van der Waals surface area (Å²) >= 11 is 0. The summed E-state index contributed by atoms with van der Waals surface area (Å²) in [7, 11) is 1.31. The predicted octanol–water partition coefficient (Wildman–Crippen LogP) is 3.88. The van der Waals surface area contributed by atoms with Gasteiger partial charge in [-0.05, 0) is 34.1 Å². The molecule has 1 heterocycles. The van der Waals surface area contributed by atoms with Crippen molar-refractivity contribution in [3.8, 4) is 5.75 Å². The maximum Gasteiger partial charge on any atom is 0.410 e. The standard InChI is InChI=1S/C20H27F2NO5/c1-6-27-18(24)13-7-8-23(19(25)28-20(2,3)4)11-14(13)17-15(21)9-12(26-5)10-16(17)22/h9-10,13-14H,6-8,11H2,1-5H3/t13?,14-/m1/s1. The van der Waals surface area contributed by atoms with Crippen LogP contribution in [0.15, 0.2) is 12.1 Å². The van der Waals surface area contributed by atoms with E-state index in [-0.39, 0.29) is 37.4 Å². The predicted molar refractivity (Wildman–Crippen MR) is 98.2 cm³/mol. The molecule has 1 aromatic rings. The van der Waals surface area contributed by atoms with E-state index in [1.807, 2.05) is 0 Å². The summed E-state index contributed by atoms with van der Waals surface area (Å²) in [6, 6.07) is 2.13. The largest absolute Gasteiger partial charge is 0.497 e. The molecule has 0 spiro atoms. The number of benzene rings is 1. The van der Waals surface area contributed by atoms with E-state index >= 15 is 0 Å². The topological polar surface area (TPSA) is 65.1 Å². The average Bonchev–Trinajstić information content (AvgIpc) is 2.59. The summed E-state index contributed by atoms with van der Waals surface area (Å²) in [6.07, 6.45) is -0.373. The highest BCUT2D eigenvalue weighted by molar-refractivity contribution is 5.75. The zero-order chi connectivity index (χ0) is 21.1. The van der Waals surface area contributed by atoms with Crippen LogP contribution in [0, 0.1) is 17.6 Å². The van der Waals surface area contributed by atoms with Crippen molar-refractivity contribution in [2.24, 2.45) is 5.92 Å². The molecule has 0 bridgehead atoms. The molecule has 0 saturated carbocycles. The van der Waals surface area contributed by atoms with Gasteiger partial charge >= 0.3 is 12.1 Å². The summed E-state index contributed by atoms with van der Waals surface area (Å²) in [5.74, 6) is -3.83. The number of likely N-dealkylation sites (tertiary alicyclic amines) is 1. The molecule has 0 radical (unpaired) electrons. The maximum absolute atomic E-state index is 14.7. The Morgan fingerprint density at radius 1 is 1.21 bits per heavy atom. The van der Waals surface area contributed by atoms with Crippen molar-refractivity contribution in [1.29, 1.82) is 0 Å². The fraction of sp³-hybridized carbons (Fsp3) is 0.600. The number of methoxy groups -OCH3 is 1. The summed E-state index contributed by atoms with van der Waals surface area (Å²) in [6.45, 7) is 7.19. The molecule has 1 aromatic carbocycles. The summed E-state index contributed by atoms with van der Waals surface area (Å²) in [5.41, 5.74) is -0.964. The van der Waals surface area contributed by atoms with Crippen LogP contribution >= 0.6 is 0 Å². The number of hydrogen-bond acceptors (Lipinski definition) is 5. The quantitative estimate of drug-likeness (QED) is 0.719. The molecule has 0 aromatic heterocycles. The van der Waals surface area contributed by atoms with Gasteiger partial charge in [0.2, 0.25) is 0 Å². The number of amides is 1. The molecule has 1 aliphatic heterocycles. The highest BCUT2D eigenvalue weighted by Gasteiger charge is 2.41. The Kier molecular flexibility index (Phi) is 6.85. The van der Waals surface area contributed by atoms with Gasteiger partial charge in [-0.3, -0.25) is 4.79 Å². The first kappa shape index (κ1) is 21.9. The molecule has 1 amide bonds. The fourth-order valence-electron chi connectivity index (χ4n) is 3.30. The van der Waals surface area contributed by atoms with Crippen LogP contribution in [0.2, 0.25) is 0 Å². The Hall–Kier alpha value is -2.38. The molecule has 1 saturated heterocycles. The minimum Gasteiger partial charge on any atom is -0.497 e. The van der Waals surface area contributed by atoms with E-state index < -0.39 is 41.1 Å². The smallest absolute Gasteiger partial charge is 0.410 e. The van der Waals surface area contributed by atoms with Crippen LogP contribution in [0.3, 0.4) is 0 Å². The van der Waals surface area contributed by atoms with E-state index in [9.17, 15) is 18.4 Å². The Labute approximate surface area is 163 Å². The Balaban J connectivity index is 2.38. The second-order valence-corrected chi connectivity index (χ2v) is 7.68. The molecule has 2 atom stereocenters. The van der Waals surface area contributed by atoms with E-state index in [4.69, 9.17) is 14.2 Å². The molecular formula is C20H27F2NO5. The van der Waals surface area contributed by atoms with Gasteiger partial charge in [-0.15, -0.1) is 0 Å². The molecule has 2 rings (SSSR count). The molecule has 28 heavy (non-hydrogen) atoms. The molecule has 8 heteroatoms. The first-order valence-electron chi connectivity index (χ1n) is 9.24. The molecule has 0 N–H and O–H groups in total. The van der Waals surface area contributed by atoms with Crippen molar-refractivity contribution in [2.75, 3.05) is 26.8 Å². The second-order valence-electron chi connectivity index (χ2n) is 7.68. The van der Waals surface area contributed by atoms with E-state index in [2.05, 4.69) is 0 Å². The number of rotatable bonds is 4. The molecule has 1 fully saturated rings. The SMILES string of the molecule is CCOC(=O)C1CCN(C(=O)OC(C)(C)C)C[C@H]1c1c(F)cc(OC)cc1F. The zero-order valence-corrected chi connectivity index (χ0v) is 16.9. The highest BCUT2D eigenvalue weighted by Crippen LogP contribution is 2.38. The van der Waals surface area contributed by atoms with Crippen LogP contribution in [0.1, 0.15) is 45.6 Å². The minimum absolute atomic E-state index is 0.0336. The number of halogens is 2. The zero-order valence-electron chi connectivity index (χ0n) is 16.9. The summed E-state index contributed by atoms with van der Waals surface area (Å²) in [5, 5.41) is 0. The van der Waals surface area contributed by atoms with Gasteiger partial charge in [0.05, 0.1) is 19.6 Å². The van der Waals surface area contributed by atoms with Crippen molar-refractivity contribution in [3.63, 3.8) is 0 Å². The molecule has 0 aliphatic carbocycles. The van der Waals surface area contributed by atoms with E-state index in [0.717, 1.165) is 12.1 Å². The van der Waals surface area contributed by atoms with Crippen molar-refractivity contribution in [3.05, 3.63) is 29.3 Å². The molecule has 6 nitrogen and oxygen atoms in total. The summed E-state index contributed by atoms with van der Waals surface area (Å²) < 4.78 is 44.7. The highest BCUT2D eigenvalue weighted by atomic mass is 19.1. The number of hydrogen-bond donors (Lipinski definition) is 0. The second kappa shape index (κ2) is 8.75. The van der Waals surface area contributed by atoms with Gasteiger partial charge < -0.3 is 19.1 Å². The lowest BCUT2D eigenvalue weighted by Crippen LogP contribution is -2.47. The van der Waals surface area contributed by atoms with Crippen LogP contribution in [0.4, 0.5) is 13.6 Å². The first-order valence-corrected chi connectivity index (χ1v) is 9.24. The third kappa shape index (κ3) is 5.11. The van der Waals surface area contributed by atoms with E-state index in [1.165, 1.54) is 12.0 Å². The number of esters is 1. The van der Waals surface area contributed by atoms with Gasteiger partial charge in [0.25, 0.3) is 0 Å². The fourth-order valence-corrected chi connectivity index (χ4v) is 3.30. The number of carbonyl (C=O) groups is 2. The third-order valence-electron chi connectivity index (χ3n) is 4.51. The average molecular weight is 399 g/mol.